The number of hydrogen-bond donors (Lipinski definition) is 0. The van der Waals surface area contributed by atoms with E-state index in [4.69, 9.17) is 14.4 Å². The number of aromatic nitrogens is 4. The molecule has 0 unspecified atom stereocenters. The fourth-order valence-electron chi connectivity index (χ4n) is 3.60. The molecule has 35 heavy (non-hydrogen) atoms. The second kappa shape index (κ2) is 9.13. The van der Waals surface area contributed by atoms with Gasteiger partial charge in [0.25, 0.3) is 0 Å². The second-order valence-electron chi connectivity index (χ2n) is 11.2. The third-order valence-corrected chi connectivity index (χ3v) is 8.85. The van der Waals surface area contributed by atoms with Crippen LogP contribution in [0.15, 0.2) is 52.2 Å². The van der Waals surface area contributed by atoms with Gasteiger partial charge < -0.3 is 4.42 Å². The summed E-state index contributed by atoms with van der Waals surface area (Å²) < 4.78 is 19.4. The van der Waals surface area contributed by atoms with Crippen LogP contribution in [-0.4, -0.2) is 38.7 Å². The van der Waals surface area contributed by atoms with Crippen molar-refractivity contribution >= 4 is 21.4 Å². The van der Waals surface area contributed by atoms with Crippen molar-refractivity contribution in [2.24, 2.45) is 0 Å². The Morgan fingerprint density at radius 3 is 2.26 bits per heavy atom. The summed E-state index contributed by atoms with van der Waals surface area (Å²) in [6.07, 6.45) is 10.7. The molecule has 4 rings (SSSR count). The lowest BCUT2D eigenvalue weighted by Gasteiger charge is -2.23. The Labute approximate surface area is 212 Å². The Balaban J connectivity index is 1.70. The number of halogens is 1. The standard InChI is InChI=1S/C27H33FN4OS2/c1-26(2,3)25-31-22(17-9-11-18(28)12-10-17)21(34-25)14-27(4,5)24-30-16-29-23(32-24)20-13-19(15-33-20)35(6,7)8/h9-13,15-16H,14H2,1-8H3. The molecule has 0 saturated carbocycles. The molecule has 0 radical (unpaired) electrons. The highest BCUT2D eigenvalue weighted by atomic mass is 32.3. The lowest BCUT2D eigenvalue weighted by Crippen LogP contribution is -2.24. The monoisotopic (exact) mass is 512 g/mol. The van der Waals surface area contributed by atoms with E-state index in [1.54, 1.807) is 36.1 Å². The van der Waals surface area contributed by atoms with Gasteiger partial charge in [-0.15, -0.1) is 11.3 Å². The van der Waals surface area contributed by atoms with Crippen LogP contribution in [0.3, 0.4) is 0 Å². The quantitative estimate of drug-likeness (QED) is 0.272. The number of benzene rings is 1. The smallest absolute Gasteiger partial charge is 0.198 e. The zero-order chi connectivity index (χ0) is 25.6. The lowest BCUT2D eigenvalue weighted by molar-refractivity contribution is 0.486. The maximum Gasteiger partial charge on any atom is 0.198 e. The highest BCUT2D eigenvalue weighted by molar-refractivity contribution is 8.32. The summed E-state index contributed by atoms with van der Waals surface area (Å²) in [5.41, 5.74) is 1.33. The zero-order valence-corrected chi connectivity index (χ0v) is 23.3. The van der Waals surface area contributed by atoms with Gasteiger partial charge in [0, 0.05) is 26.2 Å². The summed E-state index contributed by atoms with van der Waals surface area (Å²) in [4.78, 5) is 21.0. The second-order valence-corrected chi connectivity index (χ2v) is 16.5. The zero-order valence-electron chi connectivity index (χ0n) is 21.6. The third kappa shape index (κ3) is 5.64. The van der Waals surface area contributed by atoms with Crippen molar-refractivity contribution < 1.29 is 8.81 Å². The van der Waals surface area contributed by atoms with E-state index in [9.17, 15) is 4.39 Å². The molecule has 0 fully saturated rings. The van der Waals surface area contributed by atoms with Crippen LogP contribution < -0.4 is 0 Å². The van der Waals surface area contributed by atoms with Crippen molar-refractivity contribution in [3.05, 3.63) is 64.4 Å². The van der Waals surface area contributed by atoms with Gasteiger partial charge in [-0.1, -0.05) is 34.6 Å². The molecular weight excluding hydrogens is 479 g/mol. The Morgan fingerprint density at radius 2 is 1.66 bits per heavy atom. The summed E-state index contributed by atoms with van der Waals surface area (Å²) in [5, 5.41) is 1.05. The Kier molecular flexibility index (Phi) is 6.66. The maximum absolute atomic E-state index is 13.6. The van der Waals surface area contributed by atoms with E-state index in [0.29, 0.717) is 23.8 Å². The largest absolute Gasteiger partial charge is 0.460 e. The number of rotatable bonds is 6. The first kappa shape index (κ1) is 25.5. The molecule has 0 aliphatic carbocycles. The van der Waals surface area contributed by atoms with Crippen molar-refractivity contribution in [1.82, 2.24) is 19.9 Å². The average Bonchev–Trinajstić information content (AvgIpc) is 3.42. The highest BCUT2D eigenvalue weighted by Crippen LogP contribution is 2.47. The summed E-state index contributed by atoms with van der Waals surface area (Å²) in [5.74, 6) is 1.63. The summed E-state index contributed by atoms with van der Waals surface area (Å²) in [6, 6.07) is 8.58. The van der Waals surface area contributed by atoms with Gasteiger partial charge in [0.2, 0.25) is 0 Å². The molecule has 5 nitrogen and oxygen atoms in total. The van der Waals surface area contributed by atoms with E-state index < -0.39 is 15.4 Å². The number of furan rings is 1. The predicted molar refractivity (Wildman–Crippen MR) is 144 cm³/mol. The maximum atomic E-state index is 13.6. The van der Waals surface area contributed by atoms with Crippen LogP contribution in [0, 0.1) is 5.82 Å². The first-order chi connectivity index (χ1) is 16.2. The normalized spacial score (nSPS) is 13.3. The molecule has 8 heteroatoms. The van der Waals surface area contributed by atoms with Gasteiger partial charge in [0.15, 0.2) is 11.6 Å². The molecule has 0 amide bonds. The SMILES string of the molecule is CC(C)(C)c1nc(-c2ccc(F)cc2)c(CC(C)(C)c2ncnc(-c3cc(S(C)(C)C)co3)n2)s1. The molecule has 0 saturated heterocycles. The fraction of sp³-hybridized carbons (Fsp3) is 0.407. The topological polar surface area (TPSA) is 64.7 Å². The Morgan fingerprint density at radius 1 is 0.971 bits per heavy atom. The van der Waals surface area contributed by atoms with Crippen LogP contribution in [0.25, 0.3) is 22.8 Å². The number of thiazole rings is 1. The first-order valence-electron chi connectivity index (χ1n) is 11.5. The summed E-state index contributed by atoms with van der Waals surface area (Å²) in [7, 11) is -0.907. The van der Waals surface area contributed by atoms with E-state index in [-0.39, 0.29) is 11.2 Å². The highest BCUT2D eigenvalue weighted by Gasteiger charge is 2.30. The van der Waals surface area contributed by atoms with Crippen molar-refractivity contribution in [1.29, 1.82) is 0 Å². The van der Waals surface area contributed by atoms with Crippen LogP contribution in [-0.2, 0) is 17.3 Å². The van der Waals surface area contributed by atoms with Gasteiger partial charge in [-0.2, -0.15) is 0 Å². The molecule has 186 valence electrons. The van der Waals surface area contributed by atoms with Crippen LogP contribution >= 0.6 is 21.4 Å². The third-order valence-electron chi connectivity index (χ3n) is 5.74. The molecule has 1 aromatic carbocycles. The van der Waals surface area contributed by atoms with Gasteiger partial charge in [0.1, 0.15) is 24.2 Å². The summed E-state index contributed by atoms with van der Waals surface area (Å²) in [6.45, 7) is 10.7. The number of hydrogen-bond acceptors (Lipinski definition) is 6. The van der Waals surface area contributed by atoms with E-state index in [1.165, 1.54) is 17.0 Å². The van der Waals surface area contributed by atoms with Gasteiger partial charge in [-0.3, -0.25) is 0 Å². The van der Waals surface area contributed by atoms with Crippen molar-refractivity contribution in [2.75, 3.05) is 18.8 Å². The molecule has 0 aliphatic rings. The molecule has 0 atom stereocenters. The first-order valence-corrected chi connectivity index (χ1v) is 15.1. The van der Waals surface area contributed by atoms with E-state index in [0.717, 1.165) is 21.1 Å². The minimum absolute atomic E-state index is 0.0891. The molecule has 0 N–H and O–H groups in total. The number of nitrogens with zero attached hydrogens (tertiary/aromatic N) is 4. The fourth-order valence-corrected chi connectivity index (χ4v) is 5.77. The van der Waals surface area contributed by atoms with E-state index >= 15 is 0 Å². The van der Waals surface area contributed by atoms with Crippen molar-refractivity contribution in [3.8, 4) is 22.8 Å². The molecule has 0 aliphatic heterocycles. The molecular formula is C27H33FN4OS2. The van der Waals surface area contributed by atoms with Crippen LogP contribution in [0.5, 0.6) is 0 Å². The molecule has 4 aromatic rings. The minimum Gasteiger partial charge on any atom is -0.460 e. The van der Waals surface area contributed by atoms with Gasteiger partial charge >= 0.3 is 0 Å². The van der Waals surface area contributed by atoms with Gasteiger partial charge in [-0.25, -0.2) is 34.4 Å². The van der Waals surface area contributed by atoms with E-state index in [2.05, 4.69) is 63.4 Å². The van der Waals surface area contributed by atoms with Crippen LogP contribution in [0.1, 0.15) is 50.3 Å². The summed E-state index contributed by atoms with van der Waals surface area (Å²) >= 11 is 1.70. The lowest BCUT2D eigenvalue weighted by atomic mass is 9.86. The van der Waals surface area contributed by atoms with Gasteiger partial charge in [-0.05, 0) is 55.5 Å². The van der Waals surface area contributed by atoms with E-state index in [1.807, 2.05) is 6.07 Å². The average molecular weight is 513 g/mol. The van der Waals surface area contributed by atoms with Crippen LogP contribution in [0.2, 0.25) is 0 Å². The van der Waals surface area contributed by atoms with Gasteiger partial charge in [0.05, 0.1) is 10.7 Å². The Bertz CT molecular complexity index is 1330. The molecule has 0 spiro atoms. The minimum atomic E-state index is -0.907. The van der Waals surface area contributed by atoms with Crippen molar-refractivity contribution in [2.45, 2.75) is 56.8 Å². The Hall–Kier alpha value is -2.58. The molecule has 0 bridgehead atoms. The van der Waals surface area contributed by atoms with Crippen LogP contribution in [0.4, 0.5) is 4.39 Å². The molecule has 3 aromatic heterocycles. The van der Waals surface area contributed by atoms with Crippen molar-refractivity contribution in [3.63, 3.8) is 0 Å². The molecule has 3 heterocycles. The predicted octanol–water partition coefficient (Wildman–Crippen LogP) is 7.26.